The van der Waals surface area contributed by atoms with Crippen LogP contribution < -0.4 is 5.32 Å². The molecule has 0 radical (unpaired) electrons. The van der Waals surface area contributed by atoms with Crippen molar-refractivity contribution in [1.29, 1.82) is 0 Å². The van der Waals surface area contributed by atoms with Gasteiger partial charge in [-0.05, 0) is 48.2 Å². The SMILES string of the molecule is CSc1ccc(CC(=O)Nc2nnc(-c3ccc(C(F)(F)F)cc3)o2)cc1. The van der Waals surface area contributed by atoms with Crippen molar-refractivity contribution in [1.82, 2.24) is 10.2 Å². The molecule has 1 amide bonds. The molecule has 0 bridgehead atoms. The number of amides is 1. The van der Waals surface area contributed by atoms with Crippen LogP contribution in [0.25, 0.3) is 11.5 Å². The van der Waals surface area contributed by atoms with Crippen molar-refractivity contribution < 1.29 is 22.4 Å². The molecular weight excluding hydrogens is 379 g/mol. The number of hydrogen-bond donors (Lipinski definition) is 1. The van der Waals surface area contributed by atoms with Crippen molar-refractivity contribution in [3.63, 3.8) is 0 Å². The zero-order valence-electron chi connectivity index (χ0n) is 14.1. The number of carbonyl (C=O) groups is 1. The highest BCUT2D eigenvalue weighted by atomic mass is 32.2. The van der Waals surface area contributed by atoms with E-state index in [1.165, 1.54) is 12.1 Å². The van der Waals surface area contributed by atoms with Gasteiger partial charge in [0.15, 0.2) is 0 Å². The number of aromatic nitrogens is 2. The van der Waals surface area contributed by atoms with Gasteiger partial charge in [-0.15, -0.1) is 16.9 Å². The van der Waals surface area contributed by atoms with Crippen molar-refractivity contribution in [3.8, 4) is 11.5 Å². The second-order valence-corrected chi connectivity index (χ2v) is 6.44. The summed E-state index contributed by atoms with van der Waals surface area (Å²) in [6, 6.07) is 11.7. The minimum absolute atomic E-state index is 0.0170. The largest absolute Gasteiger partial charge is 0.416 e. The minimum atomic E-state index is -4.42. The Kier molecular flexibility index (Phi) is 5.50. The first-order valence-electron chi connectivity index (χ1n) is 7.79. The van der Waals surface area contributed by atoms with Crippen LogP contribution >= 0.6 is 11.8 Å². The van der Waals surface area contributed by atoms with E-state index in [1.54, 1.807) is 11.8 Å². The molecule has 140 valence electrons. The van der Waals surface area contributed by atoms with Crippen molar-refractivity contribution in [2.45, 2.75) is 17.5 Å². The molecule has 3 aromatic rings. The minimum Gasteiger partial charge on any atom is -0.403 e. The number of rotatable bonds is 5. The van der Waals surface area contributed by atoms with Crippen LogP contribution in [0.5, 0.6) is 0 Å². The lowest BCUT2D eigenvalue weighted by Crippen LogP contribution is -2.14. The molecule has 0 aliphatic heterocycles. The molecule has 2 aromatic carbocycles. The molecule has 0 spiro atoms. The monoisotopic (exact) mass is 393 g/mol. The van der Waals surface area contributed by atoms with Gasteiger partial charge in [-0.3, -0.25) is 10.1 Å². The van der Waals surface area contributed by atoms with Crippen LogP contribution in [0.4, 0.5) is 19.2 Å². The zero-order chi connectivity index (χ0) is 19.4. The highest BCUT2D eigenvalue weighted by Gasteiger charge is 2.30. The van der Waals surface area contributed by atoms with Crippen LogP contribution in [-0.4, -0.2) is 22.4 Å². The number of nitrogens with zero attached hydrogens (tertiary/aromatic N) is 2. The van der Waals surface area contributed by atoms with E-state index >= 15 is 0 Å². The van der Waals surface area contributed by atoms with E-state index in [9.17, 15) is 18.0 Å². The average molecular weight is 393 g/mol. The smallest absolute Gasteiger partial charge is 0.403 e. The molecule has 0 fully saturated rings. The van der Waals surface area contributed by atoms with Gasteiger partial charge in [0, 0.05) is 10.5 Å². The molecule has 27 heavy (non-hydrogen) atoms. The number of benzene rings is 2. The molecule has 0 aliphatic rings. The summed E-state index contributed by atoms with van der Waals surface area (Å²) in [6.07, 6.45) is -2.32. The number of anilines is 1. The number of thioether (sulfide) groups is 1. The van der Waals surface area contributed by atoms with Crippen LogP contribution in [0.1, 0.15) is 11.1 Å². The molecule has 1 aromatic heterocycles. The van der Waals surface area contributed by atoms with E-state index in [0.29, 0.717) is 5.56 Å². The normalized spacial score (nSPS) is 11.4. The molecule has 0 unspecified atom stereocenters. The van der Waals surface area contributed by atoms with E-state index < -0.39 is 11.7 Å². The molecule has 3 rings (SSSR count). The highest BCUT2D eigenvalue weighted by molar-refractivity contribution is 7.98. The topological polar surface area (TPSA) is 68.0 Å². The molecule has 0 saturated carbocycles. The van der Waals surface area contributed by atoms with Crippen LogP contribution in [-0.2, 0) is 17.4 Å². The van der Waals surface area contributed by atoms with Crippen LogP contribution in [0, 0.1) is 0 Å². The third kappa shape index (κ3) is 4.88. The lowest BCUT2D eigenvalue weighted by molar-refractivity contribution is -0.137. The second-order valence-electron chi connectivity index (χ2n) is 5.56. The predicted octanol–water partition coefficient (Wildman–Crippen LogP) is 4.66. The first-order valence-corrected chi connectivity index (χ1v) is 9.01. The Balaban J connectivity index is 1.64. The maximum absolute atomic E-state index is 12.6. The fourth-order valence-corrected chi connectivity index (χ4v) is 2.69. The van der Waals surface area contributed by atoms with Crippen molar-refractivity contribution in [2.24, 2.45) is 0 Å². The Morgan fingerprint density at radius 2 is 1.74 bits per heavy atom. The summed E-state index contributed by atoms with van der Waals surface area (Å²) in [5, 5.41) is 9.92. The average Bonchev–Trinajstić information content (AvgIpc) is 3.10. The van der Waals surface area contributed by atoms with Crippen molar-refractivity contribution in [2.75, 3.05) is 11.6 Å². The fraction of sp³-hybridized carbons (Fsp3) is 0.167. The van der Waals surface area contributed by atoms with Crippen LogP contribution in [0.3, 0.4) is 0 Å². The maximum Gasteiger partial charge on any atom is 0.416 e. The van der Waals surface area contributed by atoms with Gasteiger partial charge < -0.3 is 4.42 Å². The van der Waals surface area contributed by atoms with Crippen LogP contribution in [0.15, 0.2) is 57.8 Å². The van der Waals surface area contributed by atoms with Crippen LogP contribution in [0.2, 0.25) is 0 Å². The quantitative estimate of drug-likeness (QED) is 0.639. The summed E-state index contributed by atoms with van der Waals surface area (Å²) in [6.45, 7) is 0. The molecule has 0 aliphatic carbocycles. The van der Waals surface area contributed by atoms with E-state index in [0.717, 1.165) is 22.6 Å². The Morgan fingerprint density at radius 1 is 1.07 bits per heavy atom. The Morgan fingerprint density at radius 3 is 2.33 bits per heavy atom. The Labute approximate surface area is 157 Å². The van der Waals surface area contributed by atoms with E-state index in [2.05, 4.69) is 15.5 Å². The number of nitrogens with one attached hydrogen (secondary N) is 1. The number of halogens is 3. The van der Waals surface area contributed by atoms with E-state index in [4.69, 9.17) is 4.42 Å². The van der Waals surface area contributed by atoms with Gasteiger partial charge in [0.2, 0.25) is 11.8 Å². The summed E-state index contributed by atoms with van der Waals surface area (Å²) >= 11 is 1.61. The molecule has 9 heteroatoms. The molecule has 0 atom stereocenters. The third-order valence-electron chi connectivity index (χ3n) is 3.65. The van der Waals surface area contributed by atoms with Gasteiger partial charge in [0.05, 0.1) is 12.0 Å². The number of carbonyl (C=O) groups excluding carboxylic acids is 1. The first kappa shape index (κ1) is 19.0. The van der Waals surface area contributed by atoms with Gasteiger partial charge in [0.1, 0.15) is 0 Å². The maximum atomic E-state index is 12.6. The first-order chi connectivity index (χ1) is 12.8. The van der Waals surface area contributed by atoms with E-state index in [-0.39, 0.29) is 24.2 Å². The van der Waals surface area contributed by atoms with E-state index in [1.807, 2.05) is 30.5 Å². The summed E-state index contributed by atoms with van der Waals surface area (Å²) in [4.78, 5) is 13.2. The Bertz CT molecular complexity index is 922. The molecular formula is C18H14F3N3O2S. The predicted molar refractivity (Wildman–Crippen MR) is 95.3 cm³/mol. The lowest BCUT2D eigenvalue weighted by atomic mass is 10.1. The van der Waals surface area contributed by atoms with Gasteiger partial charge in [-0.1, -0.05) is 17.2 Å². The summed E-state index contributed by atoms with van der Waals surface area (Å²) < 4.78 is 43.1. The molecule has 1 N–H and O–H groups in total. The lowest BCUT2D eigenvalue weighted by Gasteiger charge is -2.05. The van der Waals surface area contributed by atoms with Crippen molar-refractivity contribution >= 4 is 23.7 Å². The summed E-state index contributed by atoms with van der Waals surface area (Å²) in [5.41, 5.74) is 0.378. The molecule has 5 nitrogen and oxygen atoms in total. The third-order valence-corrected chi connectivity index (χ3v) is 4.40. The second kappa shape index (κ2) is 7.83. The van der Waals surface area contributed by atoms with Gasteiger partial charge in [-0.2, -0.15) is 13.2 Å². The highest BCUT2D eigenvalue weighted by Crippen LogP contribution is 2.30. The molecule has 1 heterocycles. The van der Waals surface area contributed by atoms with Gasteiger partial charge in [0.25, 0.3) is 0 Å². The standard InChI is InChI=1S/C18H14F3N3O2S/c1-27-14-8-2-11(3-9-14)10-15(25)22-17-24-23-16(26-17)12-4-6-13(7-5-12)18(19,20)21/h2-9H,10H2,1H3,(H,22,24,25). The van der Waals surface area contributed by atoms with Crippen molar-refractivity contribution in [3.05, 3.63) is 59.7 Å². The number of alkyl halides is 3. The van der Waals surface area contributed by atoms with Gasteiger partial charge >= 0.3 is 12.2 Å². The number of hydrogen-bond acceptors (Lipinski definition) is 5. The fourth-order valence-electron chi connectivity index (χ4n) is 2.28. The molecule has 0 saturated heterocycles. The summed E-state index contributed by atoms with van der Waals surface area (Å²) in [7, 11) is 0. The zero-order valence-corrected chi connectivity index (χ0v) is 14.9. The Hall–Kier alpha value is -2.81. The summed E-state index contributed by atoms with van der Waals surface area (Å²) in [5.74, 6) is -0.321. The van der Waals surface area contributed by atoms with Gasteiger partial charge in [-0.25, -0.2) is 0 Å².